The minimum absolute atomic E-state index is 0. The summed E-state index contributed by atoms with van der Waals surface area (Å²) in [5.41, 5.74) is 1.12. The van der Waals surface area contributed by atoms with Gasteiger partial charge in [-0.2, -0.15) is 0 Å². The number of pyridine rings is 1. The summed E-state index contributed by atoms with van der Waals surface area (Å²) in [6.45, 7) is 6.35. The van der Waals surface area contributed by atoms with Crippen molar-refractivity contribution in [2.24, 2.45) is 11.8 Å². The molecular weight excluding hydrogens is 403 g/mol. The fraction of sp³-hybridized carbons (Fsp3) is 0.632. The van der Waals surface area contributed by atoms with Crippen molar-refractivity contribution < 1.29 is 14.4 Å². The van der Waals surface area contributed by atoms with E-state index in [0.717, 1.165) is 44.7 Å². The molecule has 0 amide bonds. The fourth-order valence-corrected chi connectivity index (χ4v) is 3.76. The summed E-state index contributed by atoms with van der Waals surface area (Å²) >= 11 is 0. The lowest BCUT2D eigenvalue weighted by molar-refractivity contribution is -0.199. The molecule has 2 fully saturated rings. The quantitative estimate of drug-likeness (QED) is 0.689. The van der Waals surface area contributed by atoms with Crippen LogP contribution >= 0.6 is 24.8 Å². The van der Waals surface area contributed by atoms with Gasteiger partial charge in [-0.05, 0) is 44.0 Å². The second-order valence-corrected chi connectivity index (χ2v) is 6.92. The Kier molecular flexibility index (Phi) is 10.7. The Balaban J connectivity index is 0.00000196. The van der Waals surface area contributed by atoms with Gasteiger partial charge in [0.1, 0.15) is 11.7 Å². The summed E-state index contributed by atoms with van der Waals surface area (Å²) < 4.78 is 0. The van der Waals surface area contributed by atoms with Crippen LogP contribution in [0.15, 0.2) is 24.5 Å². The van der Waals surface area contributed by atoms with Crippen molar-refractivity contribution in [3.8, 4) is 0 Å². The number of Topliss-reactive ketones (excluding diaryl/α,β-unsaturated/α-hetero) is 1. The van der Waals surface area contributed by atoms with Crippen LogP contribution < -0.4 is 10.2 Å². The van der Waals surface area contributed by atoms with Crippen LogP contribution in [0, 0.1) is 11.8 Å². The van der Waals surface area contributed by atoms with Gasteiger partial charge in [0.05, 0.1) is 13.1 Å². The zero-order valence-electron chi connectivity index (χ0n) is 16.2. The number of carbonyl (C=O) groups is 2. The Labute approximate surface area is 179 Å². The summed E-state index contributed by atoms with van der Waals surface area (Å²) in [6.07, 6.45) is 5.63. The van der Waals surface area contributed by atoms with Crippen molar-refractivity contribution in [3.63, 3.8) is 0 Å². The summed E-state index contributed by atoms with van der Waals surface area (Å²) in [4.78, 5) is 37.0. The Hall–Kier alpha value is -1.41. The van der Waals surface area contributed by atoms with E-state index in [1.54, 1.807) is 17.5 Å². The molecule has 0 spiro atoms. The minimum Gasteiger partial charge on any atom is -0.369 e. The molecular formula is C19H30Cl2N4O3. The standard InChI is InChI=1S/C19H28N4O3.2ClH/c1-2-17(24)18(15-3-7-20-8-4-15)19(25)26-23-13-11-22(12-14-23)16-5-9-21-10-6-16;;/h5-6,9-10,15,18,20H,2-4,7-8,11-14H2,1H3;2*1H. The number of piperidine rings is 1. The van der Waals surface area contributed by atoms with Crippen molar-refractivity contribution in [3.05, 3.63) is 24.5 Å². The summed E-state index contributed by atoms with van der Waals surface area (Å²) in [6, 6.07) is 3.96. The van der Waals surface area contributed by atoms with Crippen molar-refractivity contribution in [1.82, 2.24) is 15.4 Å². The minimum atomic E-state index is -0.625. The van der Waals surface area contributed by atoms with Crippen LogP contribution in [0.5, 0.6) is 0 Å². The molecule has 3 heterocycles. The number of halogens is 2. The number of piperazine rings is 1. The number of nitrogens with one attached hydrogen (secondary N) is 1. The highest BCUT2D eigenvalue weighted by molar-refractivity contribution is 5.99. The number of hydroxylamine groups is 2. The molecule has 1 N–H and O–H groups in total. The first kappa shape index (κ1) is 24.6. The maximum atomic E-state index is 12.7. The Morgan fingerprint density at radius 1 is 1.14 bits per heavy atom. The third kappa shape index (κ3) is 6.30. The van der Waals surface area contributed by atoms with Crippen molar-refractivity contribution in [1.29, 1.82) is 0 Å². The van der Waals surface area contributed by atoms with Gasteiger partial charge >= 0.3 is 5.97 Å². The number of anilines is 1. The molecule has 0 aliphatic carbocycles. The number of nitrogens with zero attached hydrogens (tertiary/aromatic N) is 3. The van der Waals surface area contributed by atoms with Crippen LogP contribution in [-0.4, -0.2) is 61.1 Å². The second kappa shape index (κ2) is 12.2. The summed E-state index contributed by atoms with van der Waals surface area (Å²) in [5.74, 6) is -0.909. The molecule has 158 valence electrons. The van der Waals surface area contributed by atoms with Crippen molar-refractivity contribution >= 4 is 42.3 Å². The van der Waals surface area contributed by atoms with Crippen LogP contribution in [0.25, 0.3) is 0 Å². The molecule has 1 aromatic rings. The van der Waals surface area contributed by atoms with E-state index in [0.29, 0.717) is 19.5 Å². The summed E-state index contributed by atoms with van der Waals surface area (Å²) in [7, 11) is 0. The average molecular weight is 433 g/mol. The van der Waals surface area contributed by atoms with Crippen LogP contribution in [0.1, 0.15) is 26.2 Å². The Bertz CT molecular complexity index is 606. The first-order chi connectivity index (χ1) is 12.7. The van der Waals surface area contributed by atoms with E-state index >= 15 is 0 Å². The number of aromatic nitrogens is 1. The van der Waals surface area contributed by atoms with Gasteiger partial charge in [-0.15, -0.1) is 29.9 Å². The number of carbonyl (C=O) groups excluding carboxylic acids is 2. The molecule has 0 saturated carbocycles. The molecule has 0 radical (unpaired) electrons. The lowest BCUT2D eigenvalue weighted by atomic mass is 9.81. The van der Waals surface area contributed by atoms with Gasteiger partial charge in [0.25, 0.3) is 0 Å². The first-order valence-electron chi connectivity index (χ1n) is 9.54. The predicted octanol–water partition coefficient (Wildman–Crippen LogP) is 2.10. The third-order valence-corrected chi connectivity index (χ3v) is 5.29. The molecule has 0 bridgehead atoms. The number of ketones is 1. The van der Waals surface area contributed by atoms with Gasteiger partial charge in [-0.25, -0.2) is 4.79 Å². The molecule has 1 aromatic heterocycles. The molecule has 0 aromatic carbocycles. The van der Waals surface area contributed by atoms with E-state index in [2.05, 4.69) is 15.2 Å². The molecule has 2 saturated heterocycles. The van der Waals surface area contributed by atoms with Crippen LogP contribution in [0.2, 0.25) is 0 Å². The lowest BCUT2D eigenvalue weighted by Crippen LogP contribution is -2.49. The van der Waals surface area contributed by atoms with E-state index in [-0.39, 0.29) is 42.5 Å². The first-order valence-corrected chi connectivity index (χ1v) is 9.54. The second-order valence-electron chi connectivity index (χ2n) is 6.92. The molecule has 2 aliphatic heterocycles. The number of hydrogen-bond acceptors (Lipinski definition) is 7. The normalized spacial score (nSPS) is 19.1. The van der Waals surface area contributed by atoms with Crippen molar-refractivity contribution in [2.75, 3.05) is 44.2 Å². The van der Waals surface area contributed by atoms with Gasteiger partial charge < -0.3 is 15.1 Å². The number of hydrogen-bond donors (Lipinski definition) is 1. The fourth-order valence-electron chi connectivity index (χ4n) is 3.76. The van der Waals surface area contributed by atoms with Gasteiger partial charge in [0.15, 0.2) is 0 Å². The summed E-state index contributed by atoms with van der Waals surface area (Å²) in [5, 5.41) is 4.99. The monoisotopic (exact) mass is 432 g/mol. The molecule has 1 unspecified atom stereocenters. The average Bonchev–Trinajstić information content (AvgIpc) is 2.70. The van der Waals surface area contributed by atoms with Crippen LogP contribution in [0.4, 0.5) is 5.69 Å². The van der Waals surface area contributed by atoms with Crippen LogP contribution in [-0.2, 0) is 14.4 Å². The van der Waals surface area contributed by atoms with E-state index in [1.807, 2.05) is 19.1 Å². The van der Waals surface area contributed by atoms with E-state index in [9.17, 15) is 9.59 Å². The van der Waals surface area contributed by atoms with E-state index in [1.165, 1.54) is 0 Å². The smallest absolute Gasteiger partial charge is 0.335 e. The SMILES string of the molecule is CCC(=O)C(C(=O)ON1CCN(c2ccncc2)CC1)C1CCNCC1.Cl.Cl. The van der Waals surface area contributed by atoms with Gasteiger partial charge in [0, 0.05) is 37.6 Å². The van der Waals surface area contributed by atoms with E-state index < -0.39 is 5.92 Å². The van der Waals surface area contributed by atoms with Gasteiger partial charge in [-0.3, -0.25) is 9.78 Å². The largest absolute Gasteiger partial charge is 0.369 e. The highest BCUT2D eigenvalue weighted by Gasteiger charge is 2.37. The lowest BCUT2D eigenvalue weighted by Gasteiger charge is -2.36. The molecule has 9 heteroatoms. The van der Waals surface area contributed by atoms with Crippen LogP contribution in [0.3, 0.4) is 0 Å². The Morgan fingerprint density at radius 2 is 1.75 bits per heavy atom. The van der Waals surface area contributed by atoms with E-state index in [4.69, 9.17) is 4.84 Å². The topological polar surface area (TPSA) is 74.8 Å². The third-order valence-electron chi connectivity index (χ3n) is 5.29. The zero-order valence-corrected chi connectivity index (χ0v) is 17.8. The molecule has 28 heavy (non-hydrogen) atoms. The maximum Gasteiger partial charge on any atom is 0.335 e. The zero-order chi connectivity index (χ0) is 18.4. The highest BCUT2D eigenvalue weighted by Crippen LogP contribution is 2.26. The number of rotatable bonds is 6. The molecule has 2 aliphatic rings. The molecule has 1 atom stereocenters. The molecule has 3 rings (SSSR count). The van der Waals surface area contributed by atoms with Gasteiger partial charge in [-0.1, -0.05) is 6.92 Å². The van der Waals surface area contributed by atoms with Crippen molar-refractivity contribution in [2.45, 2.75) is 26.2 Å². The predicted molar refractivity (Wildman–Crippen MR) is 113 cm³/mol. The highest BCUT2D eigenvalue weighted by atomic mass is 35.5. The Morgan fingerprint density at radius 3 is 2.32 bits per heavy atom. The maximum absolute atomic E-state index is 12.7. The molecule has 7 nitrogen and oxygen atoms in total. The van der Waals surface area contributed by atoms with Gasteiger partial charge in [0.2, 0.25) is 0 Å².